The molecule has 3 aliphatic rings. The first kappa shape index (κ1) is 88.4. The van der Waals surface area contributed by atoms with Crippen molar-refractivity contribution in [3.05, 3.63) is 72.9 Å². The van der Waals surface area contributed by atoms with Crippen molar-refractivity contribution >= 4 is 5.91 Å². The molecule has 0 bridgehead atoms. The maximum absolute atomic E-state index is 13.4. The molecule has 0 aromatic carbocycles. The lowest BCUT2D eigenvalue weighted by Crippen LogP contribution is -2.66. The Morgan fingerprint density at radius 3 is 1.11 bits per heavy atom. The molecule has 0 aromatic rings. The summed E-state index contributed by atoms with van der Waals surface area (Å²) < 4.78 is 34.3. The van der Waals surface area contributed by atoms with Gasteiger partial charge in [0.1, 0.15) is 73.2 Å². The molecule has 1 amide bonds. The van der Waals surface area contributed by atoms with Gasteiger partial charge in [-0.25, -0.2) is 0 Å². The molecule has 3 saturated heterocycles. The maximum Gasteiger partial charge on any atom is 0.220 e. The first-order valence-electron chi connectivity index (χ1n) is 38.7. The average molecular weight is 1380 g/mol. The van der Waals surface area contributed by atoms with Crippen LogP contribution in [0.25, 0.3) is 0 Å². The van der Waals surface area contributed by atoms with Crippen LogP contribution in [-0.2, 0) is 33.2 Å². The molecule has 0 aliphatic carbocycles. The van der Waals surface area contributed by atoms with Crippen molar-refractivity contribution in [1.29, 1.82) is 0 Å². The van der Waals surface area contributed by atoms with Crippen molar-refractivity contribution in [2.45, 2.75) is 388 Å². The van der Waals surface area contributed by atoms with Crippen LogP contribution in [0.5, 0.6) is 0 Å². The summed E-state index contributed by atoms with van der Waals surface area (Å²) in [6.07, 6.45) is 49.3. The molecule has 3 aliphatic heterocycles. The minimum atomic E-state index is -1.98. The summed E-state index contributed by atoms with van der Waals surface area (Å²) in [5, 5.41) is 120. The second kappa shape index (κ2) is 58.7. The fourth-order valence-electron chi connectivity index (χ4n) is 12.8. The third kappa shape index (κ3) is 39.5. The van der Waals surface area contributed by atoms with E-state index in [4.69, 9.17) is 28.4 Å². The van der Waals surface area contributed by atoms with E-state index in [2.05, 4.69) is 79.9 Å². The highest BCUT2D eigenvalue weighted by molar-refractivity contribution is 5.76. The number of nitrogens with one attached hydrogen (secondary N) is 1. The van der Waals surface area contributed by atoms with E-state index in [0.717, 1.165) is 77.0 Å². The molecule has 19 nitrogen and oxygen atoms in total. The molecule has 12 N–H and O–H groups in total. The Balaban J connectivity index is 1.26. The van der Waals surface area contributed by atoms with E-state index in [1.165, 1.54) is 180 Å². The van der Waals surface area contributed by atoms with Gasteiger partial charge in [-0.1, -0.05) is 286 Å². The third-order valence-corrected chi connectivity index (χ3v) is 19.0. The fourth-order valence-corrected chi connectivity index (χ4v) is 12.8. The summed E-state index contributed by atoms with van der Waals surface area (Å²) in [6.45, 7) is 1.61. The van der Waals surface area contributed by atoms with E-state index in [9.17, 15) is 61.0 Å². The van der Waals surface area contributed by atoms with E-state index < -0.39 is 124 Å². The fraction of sp³-hybridized carbons (Fsp3) is 0.833. The quantitative estimate of drug-likeness (QED) is 0.0199. The maximum atomic E-state index is 13.4. The van der Waals surface area contributed by atoms with Crippen molar-refractivity contribution in [3.63, 3.8) is 0 Å². The summed E-state index contributed by atoms with van der Waals surface area (Å²) in [5.74, 6) is -0.274. The van der Waals surface area contributed by atoms with Crippen molar-refractivity contribution in [1.82, 2.24) is 5.32 Å². The van der Waals surface area contributed by atoms with E-state index in [1.54, 1.807) is 6.08 Å². The number of hydrogen-bond acceptors (Lipinski definition) is 18. The lowest BCUT2D eigenvalue weighted by molar-refractivity contribution is -0.379. The Morgan fingerprint density at radius 1 is 0.381 bits per heavy atom. The Morgan fingerprint density at radius 2 is 0.711 bits per heavy atom. The van der Waals surface area contributed by atoms with Gasteiger partial charge in [0.2, 0.25) is 5.91 Å². The molecule has 3 fully saturated rings. The lowest BCUT2D eigenvalue weighted by atomic mass is 9.96. The molecule has 17 atom stereocenters. The van der Waals surface area contributed by atoms with Gasteiger partial charge in [-0.15, -0.1) is 0 Å². The highest BCUT2D eigenvalue weighted by atomic mass is 16.8. The minimum Gasteiger partial charge on any atom is -0.394 e. The number of allylic oxidation sites excluding steroid dienone is 11. The van der Waals surface area contributed by atoms with Crippen LogP contribution in [-0.4, -0.2) is 193 Å². The lowest BCUT2D eigenvalue weighted by Gasteiger charge is -2.48. The van der Waals surface area contributed by atoms with Crippen molar-refractivity contribution < 1.29 is 89.4 Å². The molecular weight excluding hydrogens is 1240 g/mol. The topological polar surface area (TPSA) is 307 Å². The van der Waals surface area contributed by atoms with E-state index in [0.29, 0.717) is 6.42 Å². The molecule has 3 heterocycles. The number of carbonyl (C=O) groups excluding carboxylic acids is 1. The molecule has 17 unspecified atom stereocenters. The summed E-state index contributed by atoms with van der Waals surface area (Å²) in [5.41, 5.74) is 0. The highest BCUT2D eigenvalue weighted by Gasteiger charge is 2.53. The number of amides is 1. The zero-order valence-corrected chi connectivity index (χ0v) is 60.0. The number of carbonyl (C=O) groups is 1. The minimum absolute atomic E-state index is 0.245. The number of rotatable bonds is 60. The van der Waals surface area contributed by atoms with Crippen molar-refractivity contribution in [2.75, 3.05) is 26.4 Å². The molecule has 97 heavy (non-hydrogen) atoms. The Labute approximate surface area is 585 Å². The summed E-state index contributed by atoms with van der Waals surface area (Å²) >= 11 is 0. The molecule has 0 radical (unpaired) electrons. The zero-order chi connectivity index (χ0) is 70.4. The summed E-state index contributed by atoms with van der Waals surface area (Å²) in [4.78, 5) is 13.4. The van der Waals surface area contributed by atoms with Gasteiger partial charge in [-0.05, 0) is 64.2 Å². The zero-order valence-electron chi connectivity index (χ0n) is 60.0. The molecule has 19 heteroatoms. The van der Waals surface area contributed by atoms with E-state index >= 15 is 0 Å². The van der Waals surface area contributed by atoms with Crippen LogP contribution < -0.4 is 5.32 Å². The van der Waals surface area contributed by atoms with Gasteiger partial charge in [-0.3, -0.25) is 4.79 Å². The van der Waals surface area contributed by atoms with Crippen molar-refractivity contribution in [2.24, 2.45) is 0 Å². The van der Waals surface area contributed by atoms with Crippen LogP contribution in [0.1, 0.15) is 284 Å². The van der Waals surface area contributed by atoms with Gasteiger partial charge in [-0.2, -0.15) is 0 Å². The Kier molecular flexibility index (Phi) is 53.5. The normalized spacial score (nSPS) is 27.3. The molecule has 564 valence electrons. The van der Waals surface area contributed by atoms with Gasteiger partial charge in [0.15, 0.2) is 18.9 Å². The summed E-state index contributed by atoms with van der Waals surface area (Å²) in [6, 6.07) is -0.972. The number of ether oxygens (including phenoxy) is 6. The van der Waals surface area contributed by atoms with Crippen LogP contribution in [0, 0.1) is 0 Å². The van der Waals surface area contributed by atoms with Gasteiger partial charge >= 0.3 is 0 Å². The number of unbranched alkanes of at least 4 members (excludes halogenated alkanes) is 34. The standard InChI is InChI=1S/C78H139NO18/c1-3-5-7-9-11-13-15-16-17-18-19-20-21-22-23-24-25-26-27-28-29-30-31-32-33-34-35-36-37-38-39-40-41-42-43-44-46-48-50-52-54-56-66(84)79-61(62(83)55-53-51-49-47-45-14-12-10-8-6-4-2)60-92-76-72(90)69(87)74(64(58-81)94-76)97-78-73(91)70(88)75(65(59-82)95-78)96-77-71(89)68(86)67(85)63(57-80)93-77/h5,7,11,13,16-17,19-20,22-23,53,55,61-65,67-78,80-83,85-91H,3-4,6,8-10,12,14-15,18,21,24-52,54,56-60H2,1-2H3,(H,79,84)/b7-5-,13-11-,17-16-,20-19-,23-22-,55-53+. The number of hydrogen-bond donors (Lipinski definition) is 12. The van der Waals surface area contributed by atoms with Crippen LogP contribution in [0.15, 0.2) is 72.9 Å². The third-order valence-electron chi connectivity index (χ3n) is 19.0. The van der Waals surface area contributed by atoms with E-state index in [1.807, 2.05) is 6.08 Å². The summed E-state index contributed by atoms with van der Waals surface area (Å²) in [7, 11) is 0. The Bertz CT molecular complexity index is 2040. The second-order valence-corrected chi connectivity index (χ2v) is 27.4. The number of aliphatic hydroxyl groups is 11. The van der Waals surface area contributed by atoms with Crippen LogP contribution in [0.2, 0.25) is 0 Å². The average Bonchev–Trinajstić information content (AvgIpc) is 0.790. The monoisotopic (exact) mass is 1380 g/mol. The molecule has 0 saturated carbocycles. The van der Waals surface area contributed by atoms with Crippen LogP contribution in [0.4, 0.5) is 0 Å². The van der Waals surface area contributed by atoms with Crippen LogP contribution >= 0.6 is 0 Å². The Hall–Kier alpha value is -2.77. The van der Waals surface area contributed by atoms with Gasteiger partial charge in [0.05, 0.1) is 38.6 Å². The first-order chi connectivity index (χ1) is 47.3. The van der Waals surface area contributed by atoms with Gasteiger partial charge in [0, 0.05) is 6.42 Å². The molecular formula is C78H139NO18. The largest absolute Gasteiger partial charge is 0.394 e. The van der Waals surface area contributed by atoms with E-state index in [-0.39, 0.29) is 18.9 Å². The first-order valence-corrected chi connectivity index (χ1v) is 38.7. The molecule has 0 spiro atoms. The molecule has 3 rings (SSSR count). The van der Waals surface area contributed by atoms with Gasteiger partial charge < -0.3 is 89.9 Å². The number of aliphatic hydroxyl groups excluding tert-OH is 11. The highest BCUT2D eigenvalue weighted by Crippen LogP contribution is 2.33. The second-order valence-electron chi connectivity index (χ2n) is 27.4. The van der Waals surface area contributed by atoms with Gasteiger partial charge in [0.25, 0.3) is 0 Å². The predicted octanol–water partition coefficient (Wildman–Crippen LogP) is 12.1. The van der Waals surface area contributed by atoms with Crippen LogP contribution in [0.3, 0.4) is 0 Å². The molecule has 0 aromatic heterocycles. The smallest absolute Gasteiger partial charge is 0.220 e. The SMILES string of the molecule is CC/C=C\C/C=C\C/C=C\C/C=C\C/C=C\CCCCCCCCCCCCCCCCCCCCCCCCCCCC(=O)NC(COC1OC(CO)C(OC2OC(CO)C(OC3OC(CO)C(O)C(O)C3O)C(O)C2O)C(O)C1O)C(O)/C=C/CCCCCCCCCCC. The van der Waals surface area contributed by atoms with Crippen molar-refractivity contribution in [3.8, 4) is 0 Å². The predicted molar refractivity (Wildman–Crippen MR) is 383 cm³/mol.